The molecule has 0 heterocycles. The standard InChI is InChI=1S/C13H19NO2/c1-9(15)12-8-11(4-5-13(12)14)16-7-6-10-2-3-10/h4-5,8-10,15H,2-3,6-7,14H2,1H3. The lowest BCUT2D eigenvalue weighted by Crippen LogP contribution is -2.02. The largest absolute Gasteiger partial charge is 0.494 e. The van der Waals surface area contributed by atoms with Crippen molar-refractivity contribution in [3.63, 3.8) is 0 Å². The predicted molar refractivity (Wildman–Crippen MR) is 64.3 cm³/mol. The molecule has 3 N–H and O–H groups in total. The molecule has 1 aromatic carbocycles. The summed E-state index contributed by atoms with van der Waals surface area (Å²) in [5, 5.41) is 9.52. The van der Waals surface area contributed by atoms with Gasteiger partial charge in [-0.25, -0.2) is 0 Å². The van der Waals surface area contributed by atoms with Crippen molar-refractivity contribution < 1.29 is 9.84 Å². The van der Waals surface area contributed by atoms with Crippen LogP contribution < -0.4 is 10.5 Å². The molecular weight excluding hydrogens is 202 g/mol. The van der Waals surface area contributed by atoms with E-state index in [-0.39, 0.29) is 0 Å². The number of nitrogen functional groups attached to an aromatic ring is 1. The maximum atomic E-state index is 9.52. The average molecular weight is 221 g/mol. The molecule has 1 atom stereocenters. The van der Waals surface area contributed by atoms with Crippen molar-refractivity contribution in [2.75, 3.05) is 12.3 Å². The van der Waals surface area contributed by atoms with Gasteiger partial charge in [-0.15, -0.1) is 0 Å². The molecule has 0 spiro atoms. The summed E-state index contributed by atoms with van der Waals surface area (Å²) in [5.41, 5.74) is 7.12. The van der Waals surface area contributed by atoms with E-state index in [0.717, 1.165) is 30.3 Å². The highest BCUT2D eigenvalue weighted by Crippen LogP contribution is 2.32. The molecule has 0 aromatic heterocycles. The van der Waals surface area contributed by atoms with Gasteiger partial charge in [0.1, 0.15) is 5.75 Å². The number of hydrogen-bond acceptors (Lipinski definition) is 3. The Bertz CT molecular complexity index is 359. The predicted octanol–water partition coefficient (Wildman–Crippen LogP) is 2.50. The molecular formula is C13H19NO2. The number of rotatable bonds is 5. The zero-order valence-electron chi connectivity index (χ0n) is 9.65. The molecule has 1 saturated carbocycles. The average Bonchev–Trinajstić information content (AvgIpc) is 3.04. The second kappa shape index (κ2) is 4.74. The van der Waals surface area contributed by atoms with Gasteiger partial charge in [0.05, 0.1) is 12.7 Å². The minimum atomic E-state index is -0.549. The van der Waals surface area contributed by atoms with Gasteiger partial charge in [0, 0.05) is 11.3 Å². The first-order chi connectivity index (χ1) is 7.66. The van der Waals surface area contributed by atoms with E-state index in [4.69, 9.17) is 10.5 Å². The van der Waals surface area contributed by atoms with Gasteiger partial charge in [0.25, 0.3) is 0 Å². The summed E-state index contributed by atoms with van der Waals surface area (Å²) in [7, 11) is 0. The highest BCUT2D eigenvalue weighted by molar-refractivity contribution is 5.51. The van der Waals surface area contributed by atoms with E-state index >= 15 is 0 Å². The summed E-state index contributed by atoms with van der Waals surface area (Å²) in [4.78, 5) is 0. The van der Waals surface area contributed by atoms with Crippen molar-refractivity contribution in [3.05, 3.63) is 23.8 Å². The number of anilines is 1. The Morgan fingerprint density at radius 1 is 1.50 bits per heavy atom. The summed E-state index contributed by atoms with van der Waals surface area (Å²) in [6.45, 7) is 2.47. The van der Waals surface area contributed by atoms with Crippen LogP contribution >= 0.6 is 0 Å². The molecule has 16 heavy (non-hydrogen) atoms. The number of ether oxygens (including phenoxy) is 1. The highest BCUT2D eigenvalue weighted by atomic mass is 16.5. The Kier molecular flexibility index (Phi) is 3.34. The molecule has 0 radical (unpaired) electrons. The minimum absolute atomic E-state index is 0.549. The van der Waals surface area contributed by atoms with Crippen LogP contribution in [0, 0.1) is 5.92 Å². The normalized spacial score (nSPS) is 17.1. The van der Waals surface area contributed by atoms with Crippen LogP contribution in [0.4, 0.5) is 5.69 Å². The van der Waals surface area contributed by atoms with Gasteiger partial charge >= 0.3 is 0 Å². The first-order valence-electron chi connectivity index (χ1n) is 5.87. The van der Waals surface area contributed by atoms with Crippen LogP contribution in [0.3, 0.4) is 0 Å². The smallest absolute Gasteiger partial charge is 0.119 e. The van der Waals surface area contributed by atoms with E-state index < -0.39 is 6.10 Å². The molecule has 2 rings (SSSR count). The lowest BCUT2D eigenvalue weighted by Gasteiger charge is -2.12. The van der Waals surface area contributed by atoms with Crippen molar-refractivity contribution in [3.8, 4) is 5.75 Å². The maximum absolute atomic E-state index is 9.52. The molecule has 1 aliphatic rings. The number of aliphatic hydroxyl groups excluding tert-OH is 1. The van der Waals surface area contributed by atoms with Crippen LogP contribution in [-0.2, 0) is 0 Å². The molecule has 0 aliphatic heterocycles. The van der Waals surface area contributed by atoms with E-state index in [0.29, 0.717) is 5.69 Å². The van der Waals surface area contributed by atoms with Gasteiger partial charge < -0.3 is 15.6 Å². The van der Waals surface area contributed by atoms with E-state index in [9.17, 15) is 5.11 Å². The van der Waals surface area contributed by atoms with Crippen LogP contribution in [0.1, 0.15) is 37.9 Å². The van der Waals surface area contributed by atoms with Gasteiger partial charge in [-0.2, -0.15) is 0 Å². The topological polar surface area (TPSA) is 55.5 Å². The third-order valence-corrected chi connectivity index (χ3v) is 3.00. The molecule has 3 heteroatoms. The van der Waals surface area contributed by atoms with E-state index in [1.54, 1.807) is 13.0 Å². The van der Waals surface area contributed by atoms with Crippen molar-refractivity contribution in [2.45, 2.75) is 32.3 Å². The van der Waals surface area contributed by atoms with E-state index in [1.165, 1.54) is 12.8 Å². The fourth-order valence-electron chi connectivity index (χ4n) is 1.75. The second-order valence-corrected chi connectivity index (χ2v) is 4.55. The van der Waals surface area contributed by atoms with Gasteiger partial charge in [0.2, 0.25) is 0 Å². The van der Waals surface area contributed by atoms with Gasteiger partial charge in [-0.3, -0.25) is 0 Å². The summed E-state index contributed by atoms with van der Waals surface area (Å²) in [6, 6.07) is 5.47. The fraction of sp³-hybridized carbons (Fsp3) is 0.538. The highest BCUT2D eigenvalue weighted by Gasteiger charge is 2.20. The number of benzene rings is 1. The van der Waals surface area contributed by atoms with Crippen molar-refractivity contribution in [1.29, 1.82) is 0 Å². The minimum Gasteiger partial charge on any atom is -0.494 e. The fourth-order valence-corrected chi connectivity index (χ4v) is 1.75. The van der Waals surface area contributed by atoms with Crippen molar-refractivity contribution in [1.82, 2.24) is 0 Å². The van der Waals surface area contributed by atoms with Gasteiger partial charge in [-0.1, -0.05) is 12.8 Å². The summed E-state index contributed by atoms with van der Waals surface area (Å²) < 4.78 is 5.64. The number of nitrogens with two attached hydrogens (primary N) is 1. The Labute approximate surface area is 96.2 Å². The van der Waals surface area contributed by atoms with E-state index in [1.807, 2.05) is 12.1 Å². The molecule has 1 fully saturated rings. The monoisotopic (exact) mass is 221 g/mol. The Balaban J connectivity index is 1.94. The number of aliphatic hydroxyl groups is 1. The van der Waals surface area contributed by atoms with E-state index in [2.05, 4.69) is 0 Å². The SMILES string of the molecule is CC(O)c1cc(OCCC2CC2)ccc1N. The summed E-state index contributed by atoms with van der Waals surface area (Å²) >= 11 is 0. The molecule has 1 aliphatic carbocycles. The quantitative estimate of drug-likeness (QED) is 0.751. The lowest BCUT2D eigenvalue weighted by atomic mass is 10.1. The summed E-state index contributed by atoms with van der Waals surface area (Å²) in [5.74, 6) is 1.68. The zero-order valence-corrected chi connectivity index (χ0v) is 9.65. The lowest BCUT2D eigenvalue weighted by molar-refractivity contribution is 0.199. The number of hydrogen-bond donors (Lipinski definition) is 2. The van der Waals surface area contributed by atoms with Crippen LogP contribution in [0.25, 0.3) is 0 Å². The third kappa shape index (κ3) is 2.89. The van der Waals surface area contributed by atoms with Crippen LogP contribution in [-0.4, -0.2) is 11.7 Å². The zero-order chi connectivity index (χ0) is 11.5. The molecule has 88 valence electrons. The first-order valence-corrected chi connectivity index (χ1v) is 5.87. The van der Waals surface area contributed by atoms with Crippen molar-refractivity contribution >= 4 is 5.69 Å². The molecule has 1 aromatic rings. The molecule has 1 unspecified atom stereocenters. The Morgan fingerprint density at radius 3 is 2.88 bits per heavy atom. The first kappa shape index (κ1) is 11.3. The molecule has 3 nitrogen and oxygen atoms in total. The van der Waals surface area contributed by atoms with Crippen LogP contribution in [0.2, 0.25) is 0 Å². The van der Waals surface area contributed by atoms with Gasteiger partial charge in [0.15, 0.2) is 0 Å². The molecule has 0 amide bonds. The second-order valence-electron chi connectivity index (χ2n) is 4.55. The Hall–Kier alpha value is -1.22. The molecule has 0 bridgehead atoms. The maximum Gasteiger partial charge on any atom is 0.119 e. The third-order valence-electron chi connectivity index (χ3n) is 3.00. The summed E-state index contributed by atoms with van der Waals surface area (Å²) in [6.07, 6.45) is 3.29. The van der Waals surface area contributed by atoms with Crippen molar-refractivity contribution in [2.24, 2.45) is 5.92 Å². The van der Waals surface area contributed by atoms with Gasteiger partial charge in [-0.05, 0) is 37.5 Å². The van der Waals surface area contributed by atoms with Crippen LogP contribution in [0.15, 0.2) is 18.2 Å². The Morgan fingerprint density at radius 2 is 2.25 bits per heavy atom. The van der Waals surface area contributed by atoms with Crippen LogP contribution in [0.5, 0.6) is 5.75 Å². The molecule has 0 saturated heterocycles.